The number of nitrogens with one attached hydrogen (secondary N) is 1. The maximum Gasteiger partial charge on any atom is 0.242 e. The van der Waals surface area contributed by atoms with Crippen LogP contribution in [0.5, 0.6) is 0 Å². The van der Waals surface area contributed by atoms with Gasteiger partial charge in [0.2, 0.25) is 10.0 Å². The molecule has 1 aromatic heterocycles. The maximum atomic E-state index is 12.6. The van der Waals surface area contributed by atoms with Gasteiger partial charge < -0.3 is 10.3 Å². The first-order chi connectivity index (χ1) is 9.57. The highest BCUT2D eigenvalue weighted by Gasteiger charge is 2.66. The van der Waals surface area contributed by atoms with Gasteiger partial charge in [-0.15, -0.1) is 0 Å². The standard InChI is InChI=1S/C15H27N3O2S/c1-6-7-18-10-12(8-11(18)9-16)21(19,20)17-13-14(2,3)15(13,4)5/h8,10,13,17H,6-7,9,16H2,1-5H3. The predicted octanol–water partition coefficient (Wildman–Crippen LogP) is 2.07. The summed E-state index contributed by atoms with van der Waals surface area (Å²) in [6.07, 6.45) is 2.63. The minimum absolute atomic E-state index is 0.0250. The number of aromatic nitrogens is 1. The third kappa shape index (κ3) is 2.64. The van der Waals surface area contributed by atoms with Crippen molar-refractivity contribution in [1.29, 1.82) is 0 Å². The Morgan fingerprint density at radius 1 is 1.29 bits per heavy atom. The van der Waals surface area contributed by atoms with Crippen molar-refractivity contribution >= 4 is 10.0 Å². The molecule has 6 heteroatoms. The molecule has 0 spiro atoms. The summed E-state index contributed by atoms with van der Waals surface area (Å²) >= 11 is 0. The fraction of sp³-hybridized carbons (Fsp3) is 0.733. The van der Waals surface area contributed by atoms with Crippen LogP contribution in [0.2, 0.25) is 0 Å². The first kappa shape index (κ1) is 16.5. The molecule has 1 aliphatic carbocycles. The zero-order valence-electron chi connectivity index (χ0n) is 13.6. The van der Waals surface area contributed by atoms with Crippen LogP contribution < -0.4 is 10.5 Å². The molecule has 1 fully saturated rings. The van der Waals surface area contributed by atoms with Crippen LogP contribution in [0.1, 0.15) is 46.7 Å². The molecule has 0 atom stereocenters. The van der Waals surface area contributed by atoms with Crippen LogP contribution in [0.15, 0.2) is 17.2 Å². The van der Waals surface area contributed by atoms with E-state index >= 15 is 0 Å². The maximum absolute atomic E-state index is 12.6. The SMILES string of the molecule is CCCn1cc(S(=O)(=O)NC2C(C)(C)C2(C)C)cc1CN. The van der Waals surface area contributed by atoms with Crippen LogP contribution >= 0.6 is 0 Å². The fourth-order valence-corrected chi connectivity index (χ4v) is 4.60. The van der Waals surface area contributed by atoms with Crippen molar-refractivity contribution in [1.82, 2.24) is 9.29 Å². The molecular weight excluding hydrogens is 286 g/mol. The van der Waals surface area contributed by atoms with E-state index in [1.54, 1.807) is 12.3 Å². The molecule has 1 aromatic rings. The molecule has 120 valence electrons. The molecule has 0 unspecified atom stereocenters. The molecular formula is C15H27N3O2S. The number of nitrogens with two attached hydrogens (primary N) is 1. The van der Waals surface area contributed by atoms with E-state index in [9.17, 15) is 8.42 Å². The molecule has 0 amide bonds. The van der Waals surface area contributed by atoms with Gasteiger partial charge in [0, 0.05) is 31.0 Å². The van der Waals surface area contributed by atoms with Crippen molar-refractivity contribution in [3.63, 3.8) is 0 Å². The molecule has 0 aromatic carbocycles. The van der Waals surface area contributed by atoms with Gasteiger partial charge in [-0.2, -0.15) is 0 Å². The second-order valence-electron chi connectivity index (χ2n) is 7.06. The average Bonchev–Trinajstić information content (AvgIpc) is 2.72. The Morgan fingerprint density at radius 2 is 1.86 bits per heavy atom. The molecule has 0 bridgehead atoms. The number of aryl methyl sites for hydroxylation is 1. The number of hydrogen-bond acceptors (Lipinski definition) is 3. The minimum Gasteiger partial charge on any atom is -0.349 e. The molecule has 1 heterocycles. The average molecular weight is 313 g/mol. The molecule has 3 N–H and O–H groups in total. The summed E-state index contributed by atoms with van der Waals surface area (Å²) in [6.45, 7) is 11.5. The topological polar surface area (TPSA) is 77.1 Å². The van der Waals surface area contributed by atoms with Crippen LogP contribution in [0, 0.1) is 10.8 Å². The van der Waals surface area contributed by atoms with Crippen LogP contribution in [0.4, 0.5) is 0 Å². The predicted molar refractivity (Wildman–Crippen MR) is 84.3 cm³/mol. The van der Waals surface area contributed by atoms with Crippen molar-refractivity contribution < 1.29 is 8.42 Å². The molecule has 0 aliphatic heterocycles. The van der Waals surface area contributed by atoms with E-state index in [0.29, 0.717) is 11.4 Å². The Kier molecular flexibility index (Phi) is 4.02. The number of nitrogens with zero attached hydrogens (tertiary/aromatic N) is 1. The number of sulfonamides is 1. The van der Waals surface area contributed by atoms with Gasteiger partial charge in [0.1, 0.15) is 0 Å². The molecule has 0 saturated heterocycles. The summed E-state index contributed by atoms with van der Waals surface area (Å²) in [5.41, 5.74) is 6.50. The monoisotopic (exact) mass is 313 g/mol. The van der Waals surface area contributed by atoms with E-state index in [1.807, 2.05) is 4.57 Å². The molecule has 0 radical (unpaired) electrons. The van der Waals surface area contributed by atoms with E-state index in [-0.39, 0.29) is 16.9 Å². The summed E-state index contributed by atoms with van der Waals surface area (Å²) in [6, 6.07) is 1.64. The smallest absolute Gasteiger partial charge is 0.242 e. The van der Waals surface area contributed by atoms with Gasteiger partial charge in [0.05, 0.1) is 4.90 Å². The molecule has 5 nitrogen and oxygen atoms in total. The largest absolute Gasteiger partial charge is 0.349 e. The number of hydrogen-bond donors (Lipinski definition) is 2. The van der Waals surface area contributed by atoms with Crippen molar-refractivity contribution in [2.24, 2.45) is 16.6 Å². The lowest BCUT2D eigenvalue weighted by molar-refractivity contribution is 0.457. The Bertz CT molecular complexity index is 615. The zero-order valence-corrected chi connectivity index (χ0v) is 14.4. The van der Waals surface area contributed by atoms with Crippen molar-refractivity contribution in [3.8, 4) is 0 Å². The summed E-state index contributed by atoms with van der Waals surface area (Å²) in [5, 5.41) is 0. The first-order valence-electron chi connectivity index (χ1n) is 7.49. The number of rotatable bonds is 6. The fourth-order valence-electron chi connectivity index (χ4n) is 3.01. The van der Waals surface area contributed by atoms with Crippen molar-refractivity contribution in [3.05, 3.63) is 18.0 Å². The second-order valence-corrected chi connectivity index (χ2v) is 8.78. The van der Waals surface area contributed by atoms with Crippen LogP contribution in [-0.4, -0.2) is 19.0 Å². The van der Waals surface area contributed by atoms with E-state index in [1.165, 1.54) is 0 Å². The van der Waals surface area contributed by atoms with Crippen LogP contribution in [0.25, 0.3) is 0 Å². The normalized spacial score (nSPS) is 20.7. The van der Waals surface area contributed by atoms with Gasteiger partial charge in [0.25, 0.3) is 0 Å². The summed E-state index contributed by atoms with van der Waals surface area (Å²) in [5.74, 6) is 0. The van der Waals surface area contributed by atoms with Gasteiger partial charge in [-0.05, 0) is 23.3 Å². The molecule has 1 aliphatic rings. The third-order valence-electron chi connectivity index (χ3n) is 5.24. The second kappa shape index (κ2) is 5.11. The van der Waals surface area contributed by atoms with Gasteiger partial charge in [0.15, 0.2) is 0 Å². The summed E-state index contributed by atoms with van der Waals surface area (Å²) in [7, 11) is -3.50. The Hall–Kier alpha value is -0.850. The highest BCUT2D eigenvalue weighted by atomic mass is 32.2. The van der Waals surface area contributed by atoms with Gasteiger partial charge in [-0.1, -0.05) is 34.6 Å². The van der Waals surface area contributed by atoms with E-state index in [2.05, 4.69) is 39.3 Å². The van der Waals surface area contributed by atoms with E-state index in [0.717, 1.165) is 18.7 Å². The molecule has 1 saturated carbocycles. The van der Waals surface area contributed by atoms with Crippen LogP contribution in [-0.2, 0) is 23.1 Å². The van der Waals surface area contributed by atoms with E-state index < -0.39 is 10.0 Å². The quantitative estimate of drug-likeness (QED) is 0.844. The Balaban J connectivity index is 2.25. The highest BCUT2D eigenvalue weighted by Crippen LogP contribution is 2.62. The van der Waals surface area contributed by atoms with Crippen molar-refractivity contribution in [2.45, 2.75) is 65.1 Å². The lowest BCUT2D eigenvalue weighted by atomic mass is 10.0. The van der Waals surface area contributed by atoms with Gasteiger partial charge >= 0.3 is 0 Å². The van der Waals surface area contributed by atoms with Crippen molar-refractivity contribution in [2.75, 3.05) is 0 Å². The lowest BCUT2D eigenvalue weighted by Crippen LogP contribution is -2.29. The first-order valence-corrected chi connectivity index (χ1v) is 8.97. The summed E-state index contributed by atoms with van der Waals surface area (Å²) in [4.78, 5) is 0.315. The molecule has 2 rings (SSSR count). The summed E-state index contributed by atoms with van der Waals surface area (Å²) < 4.78 is 29.9. The van der Waals surface area contributed by atoms with Gasteiger partial charge in [-0.25, -0.2) is 13.1 Å². The highest BCUT2D eigenvalue weighted by molar-refractivity contribution is 7.89. The van der Waals surface area contributed by atoms with Crippen LogP contribution in [0.3, 0.4) is 0 Å². The Labute approximate surface area is 128 Å². The van der Waals surface area contributed by atoms with Gasteiger partial charge in [-0.3, -0.25) is 0 Å². The zero-order chi connectivity index (χ0) is 16.1. The third-order valence-corrected chi connectivity index (χ3v) is 6.63. The minimum atomic E-state index is -3.50. The lowest BCUT2D eigenvalue weighted by Gasteiger charge is -2.06. The molecule has 21 heavy (non-hydrogen) atoms. The van der Waals surface area contributed by atoms with E-state index in [4.69, 9.17) is 5.73 Å². The Morgan fingerprint density at radius 3 is 2.29 bits per heavy atom.